The molecule has 0 aliphatic carbocycles. The highest BCUT2D eigenvalue weighted by atomic mass is 32.2. The molecule has 0 aromatic carbocycles. The maximum absolute atomic E-state index is 11.9. The van der Waals surface area contributed by atoms with Crippen molar-refractivity contribution in [3.63, 3.8) is 0 Å². The fourth-order valence-electron chi connectivity index (χ4n) is 1.73. The van der Waals surface area contributed by atoms with Crippen molar-refractivity contribution in [3.8, 4) is 0 Å². The number of H-pyrrole nitrogens is 1. The number of rotatable bonds is 3. The van der Waals surface area contributed by atoms with Gasteiger partial charge in [0.15, 0.2) is 0 Å². The van der Waals surface area contributed by atoms with Gasteiger partial charge in [0.25, 0.3) is 0 Å². The molecule has 1 aliphatic heterocycles. The number of hydrogen-bond acceptors (Lipinski definition) is 5. The molecule has 1 aliphatic rings. The molecule has 0 radical (unpaired) electrons. The van der Waals surface area contributed by atoms with Crippen molar-refractivity contribution in [2.45, 2.75) is 18.1 Å². The molecule has 0 atom stereocenters. The SMILES string of the molecule is O=S1(=O)CCC(S(=O)(=O)Nc2cn[nH]c2)CC1. The summed E-state index contributed by atoms with van der Waals surface area (Å²) in [7, 11) is -6.58. The van der Waals surface area contributed by atoms with Crippen LogP contribution in [0.2, 0.25) is 0 Å². The first-order valence-electron chi connectivity index (χ1n) is 5.10. The Morgan fingerprint density at radius 2 is 2.00 bits per heavy atom. The molecule has 0 bridgehead atoms. The molecule has 1 aromatic heterocycles. The first kappa shape index (κ1) is 12.4. The van der Waals surface area contributed by atoms with Crippen LogP contribution < -0.4 is 4.72 Å². The van der Waals surface area contributed by atoms with Crippen LogP contribution in [-0.2, 0) is 19.9 Å². The molecule has 7 nitrogen and oxygen atoms in total. The lowest BCUT2D eigenvalue weighted by atomic mass is 10.2. The highest BCUT2D eigenvalue weighted by molar-refractivity contribution is 7.94. The van der Waals surface area contributed by atoms with Gasteiger partial charge in [-0.2, -0.15) is 5.10 Å². The second-order valence-electron chi connectivity index (χ2n) is 3.99. The zero-order chi connectivity index (χ0) is 12.5. The van der Waals surface area contributed by atoms with Gasteiger partial charge in [-0.1, -0.05) is 0 Å². The summed E-state index contributed by atoms with van der Waals surface area (Å²) < 4.78 is 48.6. The maximum atomic E-state index is 11.9. The van der Waals surface area contributed by atoms with E-state index < -0.39 is 25.1 Å². The Labute approximate surface area is 99.6 Å². The van der Waals surface area contributed by atoms with Crippen molar-refractivity contribution in [2.75, 3.05) is 16.2 Å². The zero-order valence-electron chi connectivity index (χ0n) is 8.96. The molecule has 0 saturated carbocycles. The van der Waals surface area contributed by atoms with E-state index in [4.69, 9.17) is 0 Å². The molecule has 96 valence electrons. The summed E-state index contributed by atoms with van der Waals surface area (Å²) in [5.41, 5.74) is 0.360. The number of aromatic nitrogens is 2. The van der Waals surface area contributed by atoms with Crippen LogP contribution in [0.15, 0.2) is 12.4 Å². The lowest BCUT2D eigenvalue weighted by Crippen LogP contribution is -2.35. The van der Waals surface area contributed by atoms with Crippen LogP contribution in [0.5, 0.6) is 0 Å². The highest BCUT2D eigenvalue weighted by Crippen LogP contribution is 2.21. The number of sulfone groups is 1. The lowest BCUT2D eigenvalue weighted by molar-refractivity contribution is 0.555. The lowest BCUT2D eigenvalue weighted by Gasteiger charge is -2.22. The van der Waals surface area contributed by atoms with Gasteiger partial charge in [0.1, 0.15) is 9.84 Å². The quantitative estimate of drug-likeness (QED) is 0.791. The topological polar surface area (TPSA) is 109 Å². The minimum atomic E-state index is -3.53. The fourth-order valence-corrected chi connectivity index (χ4v) is 4.99. The number of hydrogen-bond donors (Lipinski definition) is 2. The van der Waals surface area contributed by atoms with E-state index in [1.165, 1.54) is 12.4 Å². The van der Waals surface area contributed by atoms with E-state index in [2.05, 4.69) is 14.9 Å². The van der Waals surface area contributed by atoms with Gasteiger partial charge in [0.05, 0.1) is 28.6 Å². The molecule has 1 fully saturated rings. The predicted octanol–water partition coefficient (Wildman–Crippen LogP) is -0.271. The van der Waals surface area contributed by atoms with Crippen molar-refractivity contribution in [2.24, 2.45) is 0 Å². The minimum absolute atomic E-state index is 0.0655. The van der Waals surface area contributed by atoms with E-state index in [0.717, 1.165) is 0 Å². The van der Waals surface area contributed by atoms with E-state index in [9.17, 15) is 16.8 Å². The number of anilines is 1. The molecule has 2 rings (SSSR count). The van der Waals surface area contributed by atoms with Crippen LogP contribution in [0.1, 0.15) is 12.8 Å². The second kappa shape index (κ2) is 4.30. The van der Waals surface area contributed by atoms with Gasteiger partial charge in [-0.25, -0.2) is 16.8 Å². The average Bonchev–Trinajstić information content (AvgIpc) is 2.68. The standard InChI is InChI=1S/C8H13N3O4S2/c12-16(13)3-1-8(2-4-16)17(14,15)11-7-5-9-10-6-7/h5-6,8,11H,1-4H2,(H,9,10). The van der Waals surface area contributed by atoms with Crippen LogP contribution in [0.25, 0.3) is 0 Å². The Hall–Kier alpha value is -1.09. The third-order valence-electron chi connectivity index (χ3n) is 2.70. The third kappa shape index (κ3) is 2.97. The monoisotopic (exact) mass is 279 g/mol. The molecule has 1 saturated heterocycles. The zero-order valence-corrected chi connectivity index (χ0v) is 10.6. The first-order valence-corrected chi connectivity index (χ1v) is 8.47. The van der Waals surface area contributed by atoms with Crippen molar-refractivity contribution in [1.29, 1.82) is 0 Å². The van der Waals surface area contributed by atoms with Gasteiger partial charge in [-0.05, 0) is 12.8 Å². The van der Waals surface area contributed by atoms with Gasteiger partial charge in [0.2, 0.25) is 10.0 Å². The van der Waals surface area contributed by atoms with Crippen molar-refractivity contribution >= 4 is 25.5 Å². The van der Waals surface area contributed by atoms with Gasteiger partial charge in [-0.15, -0.1) is 0 Å². The Bertz CT molecular complexity index is 562. The Morgan fingerprint density at radius 1 is 1.35 bits per heavy atom. The molecule has 0 unspecified atom stereocenters. The highest BCUT2D eigenvalue weighted by Gasteiger charge is 2.32. The van der Waals surface area contributed by atoms with Gasteiger partial charge in [0, 0.05) is 6.20 Å². The molecule has 0 amide bonds. The summed E-state index contributed by atoms with van der Waals surface area (Å²) in [5, 5.41) is 5.47. The fraction of sp³-hybridized carbons (Fsp3) is 0.625. The largest absolute Gasteiger partial charge is 0.284 e. The maximum Gasteiger partial charge on any atom is 0.235 e. The Balaban J connectivity index is 2.07. The predicted molar refractivity (Wildman–Crippen MR) is 62.8 cm³/mol. The van der Waals surface area contributed by atoms with Crippen molar-refractivity contribution in [1.82, 2.24) is 10.2 Å². The number of sulfonamides is 1. The van der Waals surface area contributed by atoms with Gasteiger partial charge < -0.3 is 0 Å². The minimum Gasteiger partial charge on any atom is -0.284 e. The van der Waals surface area contributed by atoms with E-state index in [0.29, 0.717) is 5.69 Å². The summed E-state index contributed by atoms with van der Waals surface area (Å²) >= 11 is 0. The normalized spacial score (nSPS) is 21.2. The molecule has 2 N–H and O–H groups in total. The van der Waals surface area contributed by atoms with Crippen LogP contribution in [0, 0.1) is 0 Å². The van der Waals surface area contributed by atoms with Crippen LogP contribution >= 0.6 is 0 Å². The summed E-state index contributed by atoms with van der Waals surface area (Å²) in [6.45, 7) is 0. The second-order valence-corrected chi connectivity index (χ2v) is 8.25. The molecule has 0 spiro atoms. The van der Waals surface area contributed by atoms with Gasteiger partial charge in [-0.3, -0.25) is 9.82 Å². The van der Waals surface area contributed by atoms with E-state index in [1.54, 1.807) is 0 Å². The summed E-state index contributed by atoms with van der Waals surface area (Å²) in [4.78, 5) is 0. The molecular weight excluding hydrogens is 266 g/mol. The molecule has 1 aromatic rings. The first-order chi connectivity index (χ1) is 7.89. The van der Waals surface area contributed by atoms with E-state index in [-0.39, 0.29) is 24.3 Å². The smallest absolute Gasteiger partial charge is 0.235 e. The van der Waals surface area contributed by atoms with Crippen molar-refractivity contribution < 1.29 is 16.8 Å². The average molecular weight is 279 g/mol. The number of nitrogens with one attached hydrogen (secondary N) is 2. The third-order valence-corrected chi connectivity index (χ3v) is 6.28. The summed E-state index contributed by atoms with van der Waals surface area (Å²) in [6, 6.07) is 0. The molecule has 17 heavy (non-hydrogen) atoms. The Morgan fingerprint density at radius 3 is 2.53 bits per heavy atom. The van der Waals surface area contributed by atoms with Crippen LogP contribution in [0.3, 0.4) is 0 Å². The van der Waals surface area contributed by atoms with Crippen LogP contribution in [-0.4, -0.2) is 43.8 Å². The summed E-state index contributed by atoms with van der Waals surface area (Å²) in [6.07, 6.45) is 3.08. The number of nitrogens with zero attached hydrogens (tertiary/aromatic N) is 1. The van der Waals surface area contributed by atoms with Gasteiger partial charge >= 0.3 is 0 Å². The van der Waals surface area contributed by atoms with E-state index in [1.807, 2.05) is 0 Å². The molecule has 9 heteroatoms. The number of aromatic amines is 1. The van der Waals surface area contributed by atoms with Crippen LogP contribution in [0.4, 0.5) is 5.69 Å². The summed E-state index contributed by atoms with van der Waals surface area (Å²) in [5.74, 6) is -0.131. The molecule has 2 heterocycles. The Kier molecular flexibility index (Phi) is 3.13. The van der Waals surface area contributed by atoms with E-state index >= 15 is 0 Å². The van der Waals surface area contributed by atoms with Crippen molar-refractivity contribution in [3.05, 3.63) is 12.4 Å². The molecular formula is C8H13N3O4S2.